The van der Waals surface area contributed by atoms with Crippen molar-refractivity contribution < 1.29 is 19.4 Å². The molecule has 2 rings (SSSR count). The minimum atomic E-state index is -0.590. The number of rotatable bonds is 5. The summed E-state index contributed by atoms with van der Waals surface area (Å²) in [6.45, 7) is 4.83. The lowest BCUT2D eigenvalue weighted by molar-refractivity contribution is -0.151. The summed E-state index contributed by atoms with van der Waals surface area (Å²) in [6.07, 6.45) is 3.11. The van der Waals surface area contributed by atoms with Crippen molar-refractivity contribution in [2.45, 2.75) is 38.2 Å². The third-order valence-electron chi connectivity index (χ3n) is 4.49. The summed E-state index contributed by atoms with van der Waals surface area (Å²) in [5.74, 6) is -0.149. The predicted octanol–water partition coefficient (Wildman–Crippen LogP) is 0.245. The second kappa shape index (κ2) is 6.75. The van der Waals surface area contributed by atoms with E-state index < -0.39 is 5.60 Å². The Labute approximate surface area is 126 Å². The highest BCUT2D eigenvalue weighted by molar-refractivity contribution is 5.79. The van der Waals surface area contributed by atoms with Gasteiger partial charge in [-0.2, -0.15) is 0 Å². The smallest absolute Gasteiger partial charge is 0.308 e. The van der Waals surface area contributed by atoms with Gasteiger partial charge < -0.3 is 14.7 Å². The summed E-state index contributed by atoms with van der Waals surface area (Å²) in [7, 11) is 1.40. The number of β-amino-alcohol motifs (C(OH)–C–C–N with tert-alkyl or cyclic N) is 1. The van der Waals surface area contributed by atoms with Crippen LogP contribution in [0.4, 0.5) is 0 Å². The van der Waals surface area contributed by atoms with Crippen LogP contribution in [0.5, 0.6) is 0 Å². The molecule has 0 aromatic heterocycles. The first kappa shape index (κ1) is 16.2. The fraction of sp³-hybridized carbons (Fsp3) is 0.867. The number of amides is 1. The zero-order chi connectivity index (χ0) is 15.5. The molecular weight excluding hydrogens is 272 g/mol. The van der Waals surface area contributed by atoms with E-state index in [1.807, 2.05) is 9.80 Å². The highest BCUT2D eigenvalue weighted by Crippen LogP contribution is 2.26. The van der Waals surface area contributed by atoms with E-state index in [0.717, 1.165) is 12.8 Å². The quantitative estimate of drug-likeness (QED) is 0.737. The maximum absolute atomic E-state index is 12.2. The van der Waals surface area contributed by atoms with Crippen molar-refractivity contribution in [3.05, 3.63) is 0 Å². The lowest BCUT2D eigenvalue weighted by Gasteiger charge is -2.47. The van der Waals surface area contributed by atoms with Crippen LogP contribution in [-0.2, 0) is 14.3 Å². The van der Waals surface area contributed by atoms with Crippen molar-refractivity contribution >= 4 is 11.9 Å². The van der Waals surface area contributed by atoms with Crippen molar-refractivity contribution in [1.82, 2.24) is 9.80 Å². The summed E-state index contributed by atoms with van der Waals surface area (Å²) in [5, 5.41) is 10.1. The third kappa shape index (κ3) is 3.95. The van der Waals surface area contributed by atoms with Crippen LogP contribution in [-0.4, -0.2) is 72.2 Å². The molecule has 2 aliphatic rings. The number of esters is 1. The SMILES string of the molecule is CCCC1(O)CN(CC(=O)N2CCC(C(=O)OC)CC2)C1. The number of ether oxygens (including phenoxy) is 1. The van der Waals surface area contributed by atoms with Gasteiger partial charge in [0.2, 0.25) is 5.91 Å². The van der Waals surface area contributed by atoms with Gasteiger partial charge >= 0.3 is 5.97 Å². The van der Waals surface area contributed by atoms with Crippen molar-refractivity contribution in [3.63, 3.8) is 0 Å². The van der Waals surface area contributed by atoms with Crippen LogP contribution in [0.2, 0.25) is 0 Å². The summed E-state index contributed by atoms with van der Waals surface area (Å²) in [4.78, 5) is 27.5. The number of carbonyl (C=O) groups is 2. The predicted molar refractivity (Wildman–Crippen MR) is 77.6 cm³/mol. The molecule has 0 radical (unpaired) electrons. The molecule has 0 bridgehead atoms. The second-order valence-corrected chi connectivity index (χ2v) is 6.30. The van der Waals surface area contributed by atoms with Gasteiger partial charge in [0.15, 0.2) is 0 Å². The Morgan fingerprint density at radius 3 is 2.43 bits per heavy atom. The lowest BCUT2D eigenvalue weighted by Crippen LogP contribution is -2.63. The van der Waals surface area contributed by atoms with Crippen molar-refractivity contribution in [2.75, 3.05) is 39.8 Å². The standard InChI is InChI=1S/C15H26N2O4/c1-3-6-15(20)10-16(11-15)9-13(18)17-7-4-12(5-8-17)14(19)21-2/h12,20H,3-11H2,1-2H3. The molecule has 0 spiro atoms. The highest BCUT2D eigenvalue weighted by atomic mass is 16.5. The number of hydrogen-bond acceptors (Lipinski definition) is 5. The Bertz CT molecular complexity index is 385. The number of carbonyl (C=O) groups excluding carboxylic acids is 2. The first-order valence-electron chi connectivity index (χ1n) is 7.78. The van der Waals surface area contributed by atoms with E-state index in [2.05, 4.69) is 6.92 Å². The molecule has 120 valence electrons. The largest absolute Gasteiger partial charge is 0.469 e. The van der Waals surface area contributed by atoms with Crippen LogP contribution in [0.15, 0.2) is 0 Å². The van der Waals surface area contributed by atoms with Gasteiger partial charge in [-0.05, 0) is 19.3 Å². The molecule has 2 aliphatic heterocycles. The molecule has 2 heterocycles. The Morgan fingerprint density at radius 1 is 1.29 bits per heavy atom. The number of aliphatic hydroxyl groups is 1. The number of hydrogen-bond donors (Lipinski definition) is 1. The van der Waals surface area contributed by atoms with Gasteiger partial charge in [0.25, 0.3) is 0 Å². The van der Waals surface area contributed by atoms with Crippen LogP contribution in [0.1, 0.15) is 32.6 Å². The molecule has 1 amide bonds. The maximum Gasteiger partial charge on any atom is 0.308 e. The fourth-order valence-electron chi connectivity index (χ4n) is 3.34. The average Bonchev–Trinajstić information content (AvgIpc) is 2.45. The molecule has 6 nitrogen and oxygen atoms in total. The van der Waals surface area contributed by atoms with Crippen LogP contribution >= 0.6 is 0 Å². The van der Waals surface area contributed by atoms with E-state index in [9.17, 15) is 14.7 Å². The van der Waals surface area contributed by atoms with Crippen LogP contribution in [0.3, 0.4) is 0 Å². The summed E-state index contributed by atoms with van der Waals surface area (Å²) in [5.41, 5.74) is -0.590. The first-order chi connectivity index (χ1) is 9.97. The number of nitrogens with zero attached hydrogens (tertiary/aromatic N) is 2. The van der Waals surface area contributed by atoms with Gasteiger partial charge in [0, 0.05) is 26.2 Å². The van der Waals surface area contributed by atoms with E-state index in [1.165, 1.54) is 7.11 Å². The normalized spacial score (nSPS) is 22.7. The van der Waals surface area contributed by atoms with Crippen LogP contribution in [0, 0.1) is 5.92 Å². The Hall–Kier alpha value is -1.14. The number of methoxy groups -OCH3 is 1. The van der Waals surface area contributed by atoms with E-state index in [-0.39, 0.29) is 17.8 Å². The lowest BCUT2D eigenvalue weighted by atomic mass is 9.89. The molecule has 0 atom stereocenters. The Kier molecular flexibility index (Phi) is 5.22. The highest BCUT2D eigenvalue weighted by Gasteiger charge is 2.41. The molecule has 6 heteroatoms. The number of piperidine rings is 1. The van der Waals surface area contributed by atoms with Gasteiger partial charge in [-0.25, -0.2) is 0 Å². The van der Waals surface area contributed by atoms with Crippen LogP contribution < -0.4 is 0 Å². The topological polar surface area (TPSA) is 70.1 Å². The molecule has 0 unspecified atom stereocenters. The van der Waals surface area contributed by atoms with Gasteiger partial charge in [-0.3, -0.25) is 14.5 Å². The third-order valence-corrected chi connectivity index (χ3v) is 4.49. The van der Waals surface area contributed by atoms with E-state index in [1.54, 1.807) is 0 Å². The minimum Gasteiger partial charge on any atom is -0.469 e. The number of likely N-dealkylation sites (tertiary alicyclic amines) is 2. The maximum atomic E-state index is 12.2. The minimum absolute atomic E-state index is 0.0716. The van der Waals surface area contributed by atoms with Gasteiger partial charge in [0.1, 0.15) is 0 Å². The Morgan fingerprint density at radius 2 is 1.90 bits per heavy atom. The molecule has 0 aromatic rings. The first-order valence-corrected chi connectivity index (χ1v) is 7.78. The molecule has 2 fully saturated rings. The molecule has 21 heavy (non-hydrogen) atoms. The molecule has 0 aliphatic carbocycles. The van der Waals surface area contributed by atoms with Gasteiger partial charge in [-0.1, -0.05) is 13.3 Å². The summed E-state index contributed by atoms with van der Waals surface area (Å²) < 4.78 is 4.74. The van der Waals surface area contributed by atoms with Gasteiger partial charge in [-0.15, -0.1) is 0 Å². The van der Waals surface area contributed by atoms with E-state index >= 15 is 0 Å². The van der Waals surface area contributed by atoms with Crippen molar-refractivity contribution in [3.8, 4) is 0 Å². The van der Waals surface area contributed by atoms with Crippen molar-refractivity contribution in [2.24, 2.45) is 5.92 Å². The van der Waals surface area contributed by atoms with Crippen LogP contribution in [0.25, 0.3) is 0 Å². The summed E-state index contributed by atoms with van der Waals surface area (Å²) in [6, 6.07) is 0. The molecule has 0 saturated carbocycles. The molecule has 2 saturated heterocycles. The monoisotopic (exact) mass is 298 g/mol. The van der Waals surface area contributed by atoms with Gasteiger partial charge in [0.05, 0.1) is 25.2 Å². The zero-order valence-electron chi connectivity index (χ0n) is 13.0. The molecule has 0 aromatic carbocycles. The fourth-order valence-corrected chi connectivity index (χ4v) is 3.34. The molecule has 1 N–H and O–H groups in total. The molecular formula is C15H26N2O4. The second-order valence-electron chi connectivity index (χ2n) is 6.30. The van der Waals surface area contributed by atoms with Crippen molar-refractivity contribution in [1.29, 1.82) is 0 Å². The average molecular weight is 298 g/mol. The zero-order valence-corrected chi connectivity index (χ0v) is 13.0. The van der Waals surface area contributed by atoms with E-state index in [0.29, 0.717) is 45.6 Å². The van der Waals surface area contributed by atoms with E-state index in [4.69, 9.17) is 4.74 Å². The summed E-state index contributed by atoms with van der Waals surface area (Å²) >= 11 is 0. The Balaban J connectivity index is 1.70.